The first-order valence-electron chi connectivity index (χ1n) is 5.26. The molecule has 0 heterocycles. The SMILES string of the molecule is CSCC[C@@H](NC(=O)C(C)(C)S(C)(=O)=O)C(=O)O. The summed E-state index contributed by atoms with van der Waals surface area (Å²) in [6.45, 7) is 2.51. The molecule has 0 aliphatic carbocycles. The number of carbonyl (C=O) groups excluding carboxylic acids is 1. The van der Waals surface area contributed by atoms with Crippen LogP contribution in [0.5, 0.6) is 0 Å². The van der Waals surface area contributed by atoms with Crippen LogP contribution in [-0.2, 0) is 19.4 Å². The van der Waals surface area contributed by atoms with E-state index >= 15 is 0 Å². The van der Waals surface area contributed by atoms with Crippen LogP contribution in [0.25, 0.3) is 0 Å². The third kappa shape index (κ3) is 4.49. The minimum absolute atomic E-state index is 0.252. The van der Waals surface area contributed by atoms with Crippen molar-refractivity contribution in [3.8, 4) is 0 Å². The number of carboxylic acid groups (broad SMARTS) is 1. The van der Waals surface area contributed by atoms with Gasteiger partial charge in [-0.25, -0.2) is 13.2 Å². The fourth-order valence-corrected chi connectivity index (χ4v) is 1.86. The summed E-state index contributed by atoms with van der Waals surface area (Å²) in [5.74, 6) is -1.39. The first-order valence-corrected chi connectivity index (χ1v) is 8.55. The molecule has 0 bridgehead atoms. The molecule has 0 saturated carbocycles. The first kappa shape index (κ1) is 17.2. The molecule has 0 spiro atoms. The smallest absolute Gasteiger partial charge is 0.326 e. The van der Waals surface area contributed by atoms with Crippen molar-refractivity contribution in [3.05, 3.63) is 0 Å². The monoisotopic (exact) mass is 297 g/mol. The summed E-state index contributed by atoms with van der Waals surface area (Å²) in [4.78, 5) is 22.8. The number of hydrogen-bond acceptors (Lipinski definition) is 5. The van der Waals surface area contributed by atoms with Gasteiger partial charge in [-0.1, -0.05) is 0 Å². The zero-order valence-corrected chi connectivity index (χ0v) is 12.5. The van der Waals surface area contributed by atoms with Gasteiger partial charge >= 0.3 is 5.97 Å². The first-order chi connectivity index (χ1) is 8.04. The van der Waals surface area contributed by atoms with Crippen molar-refractivity contribution in [1.82, 2.24) is 5.32 Å². The van der Waals surface area contributed by atoms with Gasteiger partial charge in [0.25, 0.3) is 0 Å². The number of carboxylic acids is 1. The van der Waals surface area contributed by atoms with Crippen molar-refractivity contribution in [2.24, 2.45) is 0 Å². The van der Waals surface area contributed by atoms with E-state index in [2.05, 4.69) is 5.32 Å². The van der Waals surface area contributed by atoms with Crippen LogP contribution < -0.4 is 5.32 Å². The van der Waals surface area contributed by atoms with Crippen LogP contribution >= 0.6 is 11.8 Å². The van der Waals surface area contributed by atoms with Gasteiger partial charge in [0, 0.05) is 6.26 Å². The molecule has 1 amide bonds. The van der Waals surface area contributed by atoms with Crippen LogP contribution in [0.3, 0.4) is 0 Å². The summed E-state index contributed by atoms with van der Waals surface area (Å²) in [5, 5.41) is 11.2. The van der Waals surface area contributed by atoms with Crippen molar-refractivity contribution in [2.75, 3.05) is 18.3 Å². The highest BCUT2D eigenvalue weighted by Crippen LogP contribution is 2.16. The molecule has 1 atom stereocenters. The maximum Gasteiger partial charge on any atom is 0.326 e. The quantitative estimate of drug-likeness (QED) is 0.693. The van der Waals surface area contributed by atoms with E-state index < -0.39 is 32.5 Å². The summed E-state index contributed by atoms with van der Waals surface area (Å²) in [7, 11) is -3.60. The van der Waals surface area contributed by atoms with E-state index in [0.717, 1.165) is 6.26 Å². The van der Waals surface area contributed by atoms with Gasteiger partial charge in [0.1, 0.15) is 10.8 Å². The van der Waals surface area contributed by atoms with E-state index in [0.29, 0.717) is 5.75 Å². The Morgan fingerprint density at radius 1 is 1.39 bits per heavy atom. The number of aliphatic carboxylic acids is 1. The molecule has 0 aromatic heterocycles. The van der Waals surface area contributed by atoms with Crippen molar-refractivity contribution >= 4 is 33.5 Å². The molecule has 2 N–H and O–H groups in total. The molecule has 0 unspecified atom stereocenters. The highest BCUT2D eigenvalue weighted by atomic mass is 32.2. The van der Waals surface area contributed by atoms with E-state index in [-0.39, 0.29) is 6.42 Å². The Bertz CT molecular complexity index is 416. The second kappa shape index (κ2) is 6.42. The average Bonchev–Trinajstić information content (AvgIpc) is 2.21. The van der Waals surface area contributed by atoms with Crippen LogP contribution in [0.15, 0.2) is 0 Å². The highest BCUT2D eigenvalue weighted by Gasteiger charge is 2.40. The van der Waals surface area contributed by atoms with Crippen LogP contribution in [0.1, 0.15) is 20.3 Å². The van der Waals surface area contributed by atoms with E-state index in [1.807, 2.05) is 6.26 Å². The van der Waals surface area contributed by atoms with Gasteiger partial charge in [0.05, 0.1) is 0 Å². The summed E-state index contributed by atoms with van der Waals surface area (Å²) in [5.41, 5.74) is 0. The Morgan fingerprint density at radius 2 is 1.89 bits per heavy atom. The summed E-state index contributed by atoms with van der Waals surface area (Å²) >= 11 is 1.45. The van der Waals surface area contributed by atoms with Crippen molar-refractivity contribution in [1.29, 1.82) is 0 Å². The van der Waals surface area contributed by atoms with Crippen LogP contribution in [0, 0.1) is 0 Å². The number of amides is 1. The van der Waals surface area contributed by atoms with Crippen molar-refractivity contribution < 1.29 is 23.1 Å². The number of sulfone groups is 1. The molecule has 0 aliphatic rings. The lowest BCUT2D eigenvalue weighted by molar-refractivity contribution is -0.142. The Balaban J connectivity index is 4.86. The molecule has 18 heavy (non-hydrogen) atoms. The van der Waals surface area contributed by atoms with Gasteiger partial charge in [-0.05, 0) is 32.3 Å². The Labute approximate surface area is 111 Å². The molecule has 6 nitrogen and oxygen atoms in total. The highest BCUT2D eigenvalue weighted by molar-refractivity contribution is 7.98. The number of nitrogens with one attached hydrogen (secondary N) is 1. The Kier molecular flexibility index (Phi) is 6.15. The van der Waals surface area contributed by atoms with Gasteiger partial charge in [0.15, 0.2) is 9.84 Å². The standard InChI is InChI=1S/C10H19NO5S2/c1-10(2,18(4,15)16)9(14)11-7(8(12)13)5-6-17-3/h7H,5-6H2,1-4H3,(H,11,14)(H,12,13)/t7-/m1/s1. The van der Waals surface area contributed by atoms with Gasteiger partial charge in [-0.3, -0.25) is 4.79 Å². The summed E-state index contributed by atoms with van der Waals surface area (Å²) < 4.78 is 21.3. The topological polar surface area (TPSA) is 101 Å². The number of hydrogen-bond donors (Lipinski definition) is 2. The third-order valence-electron chi connectivity index (χ3n) is 2.69. The molecule has 0 rings (SSSR count). The van der Waals surface area contributed by atoms with Crippen molar-refractivity contribution in [2.45, 2.75) is 31.1 Å². The minimum atomic E-state index is -3.60. The molecule has 0 radical (unpaired) electrons. The zero-order chi connectivity index (χ0) is 14.6. The van der Waals surface area contributed by atoms with E-state index in [1.54, 1.807) is 0 Å². The fourth-order valence-electron chi connectivity index (χ4n) is 0.994. The molecule has 0 saturated heterocycles. The summed E-state index contributed by atoms with van der Waals surface area (Å²) in [6, 6.07) is -1.06. The van der Waals surface area contributed by atoms with E-state index in [4.69, 9.17) is 5.11 Å². The molecular formula is C10H19NO5S2. The molecule has 8 heteroatoms. The third-order valence-corrected chi connectivity index (χ3v) is 5.37. The van der Waals surface area contributed by atoms with Crippen LogP contribution in [0.4, 0.5) is 0 Å². The number of rotatable bonds is 7. The predicted octanol–water partition coefficient (Wildman–Crippen LogP) is 0.132. The van der Waals surface area contributed by atoms with Gasteiger partial charge in [-0.2, -0.15) is 11.8 Å². The molecule has 0 aromatic carbocycles. The molecule has 0 aromatic rings. The lowest BCUT2D eigenvalue weighted by Crippen LogP contribution is -2.52. The van der Waals surface area contributed by atoms with E-state index in [9.17, 15) is 18.0 Å². The number of thioether (sulfide) groups is 1. The zero-order valence-electron chi connectivity index (χ0n) is 10.9. The molecule has 0 fully saturated rings. The average molecular weight is 297 g/mol. The van der Waals surface area contributed by atoms with Gasteiger partial charge in [-0.15, -0.1) is 0 Å². The van der Waals surface area contributed by atoms with Gasteiger partial charge < -0.3 is 10.4 Å². The lowest BCUT2D eigenvalue weighted by Gasteiger charge is -2.24. The normalized spacial score (nSPS) is 14.0. The number of carbonyl (C=O) groups is 2. The maximum absolute atomic E-state index is 11.8. The van der Waals surface area contributed by atoms with Gasteiger partial charge in [0.2, 0.25) is 5.91 Å². The van der Waals surface area contributed by atoms with Crippen LogP contribution in [-0.4, -0.2) is 54.5 Å². The largest absolute Gasteiger partial charge is 0.480 e. The maximum atomic E-state index is 11.8. The second-order valence-corrected chi connectivity index (χ2v) is 7.98. The molecular weight excluding hydrogens is 278 g/mol. The Hall–Kier alpha value is -0.760. The Morgan fingerprint density at radius 3 is 2.22 bits per heavy atom. The van der Waals surface area contributed by atoms with Crippen molar-refractivity contribution in [3.63, 3.8) is 0 Å². The minimum Gasteiger partial charge on any atom is -0.480 e. The fraction of sp³-hybridized carbons (Fsp3) is 0.800. The lowest BCUT2D eigenvalue weighted by atomic mass is 10.1. The molecule has 106 valence electrons. The molecule has 0 aliphatic heterocycles. The predicted molar refractivity (Wildman–Crippen MR) is 71.5 cm³/mol. The summed E-state index contributed by atoms with van der Waals surface area (Å²) in [6.07, 6.45) is 3.02. The van der Waals surface area contributed by atoms with E-state index in [1.165, 1.54) is 25.6 Å². The second-order valence-electron chi connectivity index (χ2n) is 4.43. The van der Waals surface area contributed by atoms with Crippen LogP contribution in [0.2, 0.25) is 0 Å².